The number of rotatable bonds is 2. The maximum atomic E-state index is 9.04. The molecule has 0 saturated heterocycles. The third-order valence-corrected chi connectivity index (χ3v) is 1.47. The molecule has 11 heavy (non-hydrogen) atoms. The van der Waals surface area contributed by atoms with Crippen molar-refractivity contribution in [1.82, 2.24) is 0 Å². The zero-order valence-corrected chi connectivity index (χ0v) is 6.12. The molecular formula is C8H9BO2. The summed E-state index contributed by atoms with van der Waals surface area (Å²) in [6, 6.07) is 4.71. The van der Waals surface area contributed by atoms with Gasteiger partial charge in [-0.05, 0) is 24.1 Å². The molecule has 0 heterocycles. The van der Waals surface area contributed by atoms with Crippen LogP contribution in [-0.2, 0) is 6.42 Å². The molecule has 0 aliphatic carbocycles. The largest absolute Gasteiger partial charge is 0.504 e. The van der Waals surface area contributed by atoms with Crippen LogP contribution in [0.4, 0.5) is 0 Å². The summed E-state index contributed by atoms with van der Waals surface area (Å²) in [5.41, 5.74) is 0.933. The Balaban J connectivity index is 2.86. The molecule has 2 nitrogen and oxygen atoms in total. The van der Waals surface area contributed by atoms with Crippen molar-refractivity contribution in [3.63, 3.8) is 0 Å². The van der Waals surface area contributed by atoms with Gasteiger partial charge in [-0.25, -0.2) is 0 Å². The maximum Gasteiger partial charge on any atom is 0.157 e. The van der Waals surface area contributed by atoms with Gasteiger partial charge < -0.3 is 10.2 Å². The standard InChI is InChI=1S/C8H9BO2/c9-4-3-6-1-2-7(10)8(11)5-6/h1-2,5,10-11H,3-4H2. The van der Waals surface area contributed by atoms with Gasteiger partial charge in [-0.3, -0.25) is 0 Å². The van der Waals surface area contributed by atoms with Gasteiger partial charge in [0.25, 0.3) is 0 Å². The first kappa shape index (κ1) is 7.99. The minimum Gasteiger partial charge on any atom is -0.504 e. The second kappa shape index (κ2) is 3.33. The van der Waals surface area contributed by atoms with E-state index < -0.39 is 0 Å². The summed E-state index contributed by atoms with van der Waals surface area (Å²) in [6.45, 7) is 0. The van der Waals surface area contributed by atoms with E-state index in [2.05, 4.69) is 0 Å². The van der Waals surface area contributed by atoms with Crippen LogP contribution in [0.2, 0.25) is 6.32 Å². The lowest BCUT2D eigenvalue weighted by Gasteiger charge is -2.00. The van der Waals surface area contributed by atoms with E-state index in [1.54, 1.807) is 6.07 Å². The number of hydrogen-bond donors (Lipinski definition) is 2. The van der Waals surface area contributed by atoms with E-state index in [9.17, 15) is 0 Å². The van der Waals surface area contributed by atoms with Gasteiger partial charge in [0, 0.05) is 0 Å². The van der Waals surface area contributed by atoms with E-state index in [0.717, 1.165) is 5.56 Å². The molecule has 0 fully saturated rings. The number of phenolic OH excluding ortho intramolecular Hbond substituents is 2. The van der Waals surface area contributed by atoms with Gasteiger partial charge in [-0.15, -0.1) is 0 Å². The minimum absolute atomic E-state index is 0.0871. The zero-order valence-electron chi connectivity index (χ0n) is 6.12. The normalized spacial score (nSPS) is 9.82. The lowest BCUT2D eigenvalue weighted by Crippen LogP contribution is -1.82. The molecule has 0 unspecified atom stereocenters. The Kier molecular flexibility index (Phi) is 2.42. The van der Waals surface area contributed by atoms with Gasteiger partial charge in [0.1, 0.15) is 0 Å². The fourth-order valence-electron chi connectivity index (χ4n) is 0.891. The quantitative estimate of drug-likeness (QED) is 0.489. The van der Waals surface area contributed by atoms with Crippen molar-refractivity contribution in [3.8, 4) is 11.5 Å². The van der Waals surface area contributed by atoms with Crippen molar-refractivity contribution < 1.29 is 10.2 Å². The third-order valence-electron chi connectivity index (χ3n) is 1.47. The Bertz CT molecular complexity index is 248. The number of aromatic hydroxyl groups is 2. The van der Waals surface area contributed by atoms with Gasteiger partial charge in [-0.1, -0.05) is 12.4 Å². The van der Waals surface area contributed by atoms with Crippen LogP contribution in [0.25, 0.3) is 0 Å². The molecule has 0 spiro atoms. The zero-order chi connectivity index (χ0) is 8.27. The van der Waals surface area contributed by atoms with Crippen LogP contribution < -0.4 is 0 Å². The van der Waals surface area contributed by atoms with E-state index in [1.807, 2.05) is 0 Å². The number of hydrogen-bond acceptors (Lipinski definition) is 2. The smallest absolute Gasteiger partial charge is 0.157 e. The Hall–Kier alpha value is -1.12. The van der Waals surface area contributed by atoms with Crippen molar-refractivity contribution in [3.05, 3.63) is 23.8 Å². The van der Waals surface area contributed by atoms with Crippen LogP contribution in [0.1, 0.15) is 5.56 Å². The topological polar surface area (TPSA) is 40.5 Å². The van der Waals surface area contributed by atoms with Crippen LogP contribution in [0.15, 0.2) is 18.2 Å². The van der Waals surface area contributed by atoms with Crippen molar-refractivity contribution in [2.24, 2.45) is 0 Å². The fourth-order valence-corrected chi connectivity index (χ4v) is 0.891. The van der Waals surface area contributed by atoms with Gasteiger partial charge >= 0.3 is 0 Å². The molecule has 2 radical (unpaired) electrons. The van der Waals surface area contributed by atoms with Crippen LogP contribution in [-0.4, -0.2) is 18.1 Å². The van der Waals surface area contributed by atoms with Gasteiger partial charge in [0.15, 0.2) is 11.5 Å². The first-order chi connectivity index (χ1) is 5.24. The summed E-state index contributed by atoms with van der Waals surface area (Å²) in [7, 11) is 5.30. The highest BCUT2D eigenvalue weighted by atomic mass is 16.3. The molecule has 0 atom stereocenters. The molecule has 0 bridgehead atoms. The third kappa shape index (κ3) is 1.90. The molecule has 1 aromatic carbocycles. The predicted molar refractivity (Wildman–Crippen MR) is 44.0 cm³/mol. The number of aryl methyl sites for hydroxylation is 1. The second-order valence-corrected chi connectivity index (χ2v) is 2.36. The molecule has 1 aromatic rings. The number of benzene rings is 1. The molecule has 0 aliphatic rings. The van der Waals surface area contributed by atoms with Crippen molar-refractivity contribution in [2.45, 2.75) is 12.7 Å². The maximum absolute atomic E-state index is 9.04. The number of phenols is 2. The Morgan fingerprint density at radius 3 is 2.45 bits per heavy atom. The van der Waals surface area contributed by atoms with Crippen molar-refractivity contribution >= 4 is 7.85 Å². The van der Waals surface area contributed by atoms with Gasteiger partial charge in [0.05, 0.1) is 7.85 Å². The summed E-state index contributed by atoms with van der Waals surface area (Å²) in [5.74, 6) is -0.179. The lowest BCUT2D eigenvalue weighted by molar-refractivity contribution is 0.403. The first-order valence-electron chi connectivity index (χ1n) is 3.45. The summed E-state index contributed by atoms with van der Waals surface area (Å²) >= 11 is 0. The Morgan fingerprint density at radius 1 is 1.18 bits per heavy atom. The Morgan fingerprint density at radius 2 is 1.91 bits per heavy atom. The molecule has 56 valence electrons. The average Bonchev–Trinajstić information content (AvgIpc) is 1.98. The molecule has 2 N–H and O–H groups in total. The highest BCUT2D eigenvalue weighted by molar-refractivity contribution is 6.08. The van der Waals surface area contributed by atoms with E-state index in [0.29, 0.717) is 12.7 Å². The van der Waals surface area contributed by atoms with Crippen LogP contribution >= 0.6 is 0 Å². The van der Waals surface area contributed by atoms with E-state index in [4.69, 9.17) is 18.1 Å². The lowest BCUT2D eigenvalue weighted by atomic mass is 9.97. The van der Waals surface area contributed by atoms with Crippen LogP contribution in [0.5, 0.6) is 11.5 Å². The molecule has 0 aliphatic heterocycles. The van der Waals surface area contributed by atoms with E-state index in [1.165, 1.54) is 12.1 Å². The van der Waals surface area contributed by atoms with Crippen LogP contribution in [0.3, 0.4) is 0 Å². The van der Waals surface area contributed by atoms with Gasteiger partial charge in [-0.2, -0.15) is 0 Å². The fraction of sp³-hybridized carbons (Fsp3) is 0.250. The average molecular weight is 148 g/mol. The van der Waals surface area contributed by atoms with Crippen LogP contribution in [0, 0.1) is 0 Å². The highest BCUT2D eigenvalue weighted by Crippen LogP contribution is 2.25. The highest BCUT2D eigenvalue weighted by Gasteiger charge is 1.98. The molecule has 0 saturated carbocycles. The molecule has 0 amide bonds. The van der Waals surface area contributed by atoms with E-state index >= 15 is 0 Å². The van der Waals surface area contributed by atoms with Crippen molar-refractivity contribution in [2.75, 3.05) is 0 Å². The van der Waals surface area contributed by atoms with Gasteiger partial charge in [0.2, 0.25) is 0 Å². The van der Waals surface area contributed by atoms with E-state index in [-0.39, 0.29) is 11.5 Å². The molecule has 0 aromatic heterocycles. The SMILES string of the molecule is [B]CCc1ccc(O)c(O)c1. The second-order valence-electron chi connectivity index (χ2n) is 2.36. The monoisotopic (exact) mass is 148 g/mol. The molecule has 1 rings (SSSR count). The Labute approximate surface area is 66.9 Å². The summed E-state index contributed by atoms with van der Waals surface area (Å²) in [4.78, 5) is 0. The predicted octanol–water partition coefficient (Wildman–Crippen LogP) is 1.23. The molecular weight excluding hydrogens is 139 g/mol. The van der Waals surface area contributed by atoms with Crippen molar-refractivity contribution in [1.29, 1.82) is 0 Å². The minimum atomic E-state index is -0.0919. The summed E-state index contributed by atoms with van der Waals surface area (Å²) < 4.78 is 0. The molecule has 3 heteroatoms. The summed E-state index contributed by atoms with van der Waals surface area (Å²) in [6.07, 6.45) is 1.26. The first-order valence-corrected chi connectivity index (χ1v) is 3.45. The summed E-state index contributed by atoms with van der Waals surface area (Å²) in [5, 5.41) is 18.0.